The SMILES string of the molecule is O=C(c1ccoc1)N1CCC2(CCC2n2cc(C(=O)N3CCOCC3)nn2)CC1. The highest BCUT2D eigenvalue weighted by atomic mass is 16.5. The number of hydrogen-bond donors (Lipinski definition) is 0. The second-order valence-electron chi connectivity index (χ2n) is 8.21. The zero-order chi connectivity index (χ0) is 19.8. The van der Waals surface area contributed by atoms with Gasteiger partial charge in [0.15, 0.2) is 5.69 Å². The van der Waals surface area contributed by atoms with Gasteiger partial charge in [-0.05, 0) is 37.2 Å². The molecule has 1 unspecified atom stereocenters. The first-order valence-corrected chi connectivity index (χ1v) is 10.3. The van der Waals surface area contributed by atoms with Crippen molar-refractivity contribution >= 4 is 11.8 Å². The number of nitrogens with zero attached hydrogens (tertiary/aromatic N) is 5. The molecule has 29 heavy (non-hydrogen) atoms. The molecule has 0 aromatic carbocycles. The molecule has 0 bridgehead atoms. The maximum absolute atomic E-state index is 12.6. The van der Waals surface area contributed by atoms with Crippen LogP contribution in [0.2, 0.25) is 0 Å². The topological polar surface area (TPSA) is 93.7 Å². The highest BCUT2D eigenvalue weighted by molar-refractivity contribution is 5.94. The van der Waals surface area contributed by atoms with Crippen molar-refractivity contribution in [3.05, 3.63) is 36.0 Å². The summed E-state index contributed by atoms with van der Waals surface area (Å²) in [4.78, 5) is 28.9. The van der Waals surface area contributed by atoms with Crippen molar-refractivity contribution in [1.29, 1.82) is 0 Å². The van der Waals surface area contributed by atoms with Gasteiger partial charge < -0.3 is 19.0 Å². The summed E-state index contributed by atoms with van der Waals surface area (Å²) in [7, 11) is 0. The summed E-state index contributed by atoms with van der Waals surface area (Å²) in [6.45, 7) is 3.79. The van der Waals surface area contributed by atoms with Gasteiger partial charge in [-0.25, -0.2) is 4.68 Å². The minimum Gasteiger partial charge on any atom is -0.472 e. The average Bonchev–Trinajstić information content (AvgIpc) is 3.45. The maximum Gasteiger partial charge on any atom is 0.276 e. The van der Waals surface area contributed by atoms with Crippen LogP contribution in [0.5, 0.6) is 0 Å². The van der Waals surface area contributed by atoms with Crippen LogP contribution < -0.4 is 0 Å². The smallest absolute Gasteiger partial charge is 0.276 e. The van der Waals surface area contributed by atoms with Crippen molar-refractivity contribution in [3.63, 3.8) is 0 Å². The largest absolute Gasteiger partial charge is 0.472 e. The number of ether oxygens (including phenoxy) is 1. The van der Waals surface area contributed by atoms with Crippen molar-refractivity contribution in [3.8, 4) is 0 Å². The molecule has 3 fully saturated rings. The lowest BCUT2D eigenvalue weighted by Gasteiger charge is -2.53. The lowest BCUT2D eigenvalue weighted by atomic mass is 9.59. The maximum atomic E-state index is 12.6. The van der Waals surface area contributed by atoms with E-state index in [0.717, 1.165) is 38.8 Å². The van der Waals surface area contributed by atoms with Gasteiger partial charge in [0.2, 0.25) is 0 Å². The molecule has 2 amide bonds. The molecule has 2 aromatic rings. The summed E-state index contributed by atoms with van der Waals surface area (Å²) in [5.74, 6) is -0.0444. The standard InChI is InChI=1S/C20H25N5O4/c26-18(15-2-10-29-14-15)23-6-4-20(5-7-23)3-1-17(20)25-13-16(21-22-25)19(27)24-8-11-28-12-9-24/h2,10,13-14,17H,1,3-9,11-12H2. The molecule has 3 aliphatic rings. The van der Waals surface area contributed by atoms with Crippen molar-refractivity contribution in [1.82, 2.24) is 24.8 Å². The molecule has 2 aromatic heterocycles. The molecule has 9 nitrogen and oxygen atoms in total. The Morgan fingerprint density at radius 1 is 1.03 bits per heavy atom. The monoisotopic (exact) mass is 399 g/mol. The third-order valence-electron chi connectivity index (χ3n) is 6.78. The van der Waals surface area contributed by atoms with E-state index in [2.05, 4.69) is 10.3 Å². The summed E-state index contributed by atoms with van der Waals surface area (Å²) in [5, 5.41) is 8.45. The Balaban J connectivity index is 1.24. The molecule has 1 atom stereocenters. The minimum absolute atomic E-state index is 0.0311. The lowest BCUT2D eigenvalue weighted by Crippen LogP contribution is -2.51. The molecule has 1 saturated carbocycles. The summed E-state index contributed by atoms with van der Waals surface area (Å²) < 4.78 is 12.2. The first-order chi connectivity index (χ1) is 14.2. The predicted molar refractivity (Wildman–Crippen MR) is 101 cm³/mol. The summed E-state index contributed by atoms with van der Waals surface area (Å²) >= 11 is 0. The van der Waals surface area contributed by atoms with Gasteiger partial charge in [-0.3, -0.25) is 9.59 Å². The van der Waals surface area contributed by atoms with Crippen molar-refractivity contribution in [2.24, 2.45) is 5.41 Å². The first kappa shape index (κ1) is 18.4. The number of carbonyl (C=O) groups is 2. The Morgan fingerprint density at radius 3 is 2.45 bits per heavy atom. The summed E-state index contributed by atoms with van der Waals surface area (Å²) in [6, 6.07) is 1.95. The van der Waals surface area contributed by atoms with E-state index in [9.17, 15) is 9.59 Å². The van der Waals surface area contributed by atoms with Gasteiger partial charge >= 0.3 is 0 Å². The molecule has 5 rings (SSSR count). The van der Waals surface area contributed by atoms with Gasteiger partial charge in [0.05, 0.1) is 37.3 Å². The molecule has 2 saturated heterocycles. The number of carbonyl (C=O) groups excluding carboxylic acids is 2. The van der Waals surface area contributed by atoms with Gasteiger partial charge in [0.25, 0.3) is 11.8 Å². The van der Waals surface area contributed by atoms with E-state index in [1.54, 1.807) is 17.2 Å². The number of amides is 2. The van der Waals surface area contributed by atoms with E-state index in [0.29, 0.717) is 37.6 Å². The zero-order valence-electron chi connectivity index (χ0n) is 16.3. The zero-order valence-corrected chi connectivity index (χ0v) is 16.3. The van der Waals surface area contributed by atoms with Gasteiger partial charge in [-0.1, -0.05) is 5.21 Å². The third kappa shape index (κ3) is 3.23. The number of furan rings is 1. The quantitative estimate of drug-likeness (QED) is 0.778. The highest BCUT2D eigenvalue weighted by Crippen LogP contribution is 2.56. The normalized spacial score (nSPS) is 23.8. The Kier molecular flexibility index (Phi) is 4.61. The van der Waals surface area contributed by atoms with Crippen molar-refractivity contribution < 1.29 is 18.7 Å². The van der Waals surface area contributed by atoms with E-state index in [4.69, 9.17) is 9.15 Å². The second kappa shape index (κ2) is 7.29. The molecule has 0 radical (unpaired) electrons. The number of rotatable bonds is 3. The van der Waals surface area contributed by atoms with Crippen LogP contribution in [0.25, 0.3) is 0 Å². The molecule has 4 heterocycles. The lowest BCUT2D eigenvalue weighted by molar-refractivity contribution is -0.0268. The number of piperidine rings is 1. The fraction of sp³-hybridized carbons (Fsp3) is 0.600. The van der Waals surface area contributed by atoms with Crippen molar-refractivity contribution in [2.45, 2.75) is 31.7 Å². The van der Waals surface area contributed by atoms with Gasteiger partial charge in [0, 0.05) is 26.2 Å². The Bertz CT molecular complexity index is 879. The van der Waals surface area contributed by atoms with E-state index in [-0.39, 0.29) is 23.3 Å². The van der Waals surface area contributed by atoms with E-state index < -0.39 is 0 Å². The number of likely N-dealkylation sites (tertiary alicyclic amines) is 1. The number of aromatic nitrogens is 3. The van der Waals surface area contributed by atoms with Gasteiger partial charge in [0.1, 0.15) is 6.26 Å². The molecule has 154 valence electrons. The third-order valence-corrected chi connectivity index (χ3v) is 6.78. The highest BCUT2D eigenvalue weighted by Gasteiger charge is 2.50. The van der Waals surface area contributed by atoms with Crippen LogP contribution in [-0.2, 0) is 4.74 Å². The molecule has 9 heteroatoms. The van der Waals surface area contributed by atoms with Crippen LogP contribution in [0.15, 0.2) is 29.2 Å². The molecule has 2 aliphatic heterocycles. The number of morpholine rings is 1. The van der Waals surface area contributed by atoms with Crippen LogP contribution in [-0.4, -0.2) is 76.0 Å². The molecule has 1 aliphatic carbocycles. The van der Waals surface area contributed by atoms with Crippen LogP contribution in [0, 0.1) is 5.41 Å². The first-order valence-electron chi connectivity index (χ1n) is 10.3. The Morgan fingerprint density at radius 2 is 1.79 bits per heavy atom. The van der Waals surface area contributed by atoms with Crippen LogP contribution in [0.1, 0.15) is 52.6 Å². The fourth-order valence-corrected chi connectivity index (χ4v) is 4.86. The summed E-state index contributed by atoms with van der Waals surface area (Å²) in [6.07, 6.45) is 8.86. The predicted octanol–water partition coefficient (Wildman–Crippen LogP) is 1.60. The molecule has 1 spiro atoms. The second-order valence-corrected chi connectivity index (χ2v) is 8.21. The van der Waals surface area contributed by atoms with Crippen LogP contribution in [0.4, 0.5) is 0 Å². The van der Waals surface area contributed by atoms with E-state index in [1.165, 1.54) is 12.5 Å². The van der Waals surface area contributed by atoms with Crippen molar-refractivity contribution in [2.75, 3.05) is 39.4 Å². The Labute approximate surface area is 168 Å². The molecular formula is C20H25N5O4. The fourth-order valence-electron chi connectivity index (χ4n) is 4.86. The van der Waals surface area contributed by atoms with Crippen LogP contribution >= 0.6 is 0 Å². The average molecular weight is 399 g/mol. The van der Waals surface area contributed by atoms with E-state index in [1.807, 2.05) is 9.58 Å². The molecular weight excluding hydrogens is 374 g/mol. The van der Waals surface area contributed by atoms with E-state index >= 15 is 0 Å². The minimum atomic E-state index is -0.0755. The van der Waals surface area contributed by atoms with Crippen LogP contribution in [0.3, 0.4) is 0 Å². The van der Waals surface area contributed by atoms with Gasteiger partial charge in [-0.15, -0.1) is 5.10 Å². The Hall–Kier alpha value is -2.68. The number of hydrogen-bond acceptors (Lipinski definition) is 6. The summed E-state index contributed by atoms with van der Waals surface area (Å²) in [5.41, 5.74) is 1.15. The van der Waals surface area contributed by atoms with Gasteiger partial charge in [-0.2, -0.15) is 0 Å². The molecule has 0 N–H and O–H groups in total.